The second kappa shape index (κ2) is 14.3. The molecule has 0 saturated carbocycles. The Bertz CT molecular complexity index is 2700. The van der Waals surface area contributed by atoms with Gasteiger partial charge in [0.25, 0.3) is 0 Å². The second-order valence-electron chi connectivity index (χ2n) is 19.0. The molecule has 0 unspecified atom stereocenters. The molecule has 2 nitrogen and oxygen atoms in total. The normalized spacial score (nSPS) is 13.4. The molecule has 0 bridgehead atoms. The van der Waals surface area contributed by atoms with Crippen LogP contribution in [0.25, 0.3) is 32.7 Å². The lowest BCUT2D eigenvalue weighted by Crippen LogP contribution is -2.63. The van der Waals surface area contributed by atoms with E-state index in [1.54, 1.807) is 11.1 Å². The Morgan fingerprint density at radius 3 is 1.03 bits per heavy atom. The van der Waals surface area contributed by atoms with E-state index in [4.69, 9.17) is 0 Å². The predicted molar refractivity (Wildman–Crippen MR) is 263 cm³/mol. The minimum atomic E-state index is -1.95. The highest BCUT2D eigenvalue weighted by Gasteiger charge is 2.59. The Balaban J connectivity index is 1.25. The number of fused-ring (bicyclic) bond motifs is 5. The molecule has 0 fully saturated rings. The molecule has 9 rings (SSSR count). The summed E-state index contributed by atoms with van der Waals surface area (Å²) in [7, 11) is -3.90. The van der Waals surface area contributed by atoms with Crippen LogP contribution in [-0.2, 0) is 4.66 Å². The fourth-order valence-corrected chi connectivity index (χ4v) is 23.6. The van der Waals surface area contributed by atoms with E-state index in [-0.39, 0.29) is 4.66 Å². The third-order valence-electron chi connectivity index (χ3n) is 13.3. The molecule has 0 heterocycles. The molecule has 59 heavy (non-hydrogen) atoms. The molecule has 4 heteroatoms. The molecule has 1 aliphatic carbocycles. The summed E-state index contributed by atoms with van der Waals surface area (Å²) in [6.07, 6.45) is 0. The van der Waals surface area contributed by atoms with Crippen LogP contribution < -0.4 is 9.80 Å². The molecule has 0 saturated heterocycles. The minimum absolute atomic E-state index is 0.000567. The second-order valence-corrected chi connectivity index (χ2v) is 30.0. The van der Waals surface area contributed by atoms with Crippen LogP contribution in [0.15, 0.2) is 158 Å². The van der Waals surface area contributed by atoms with E-state index < -0.39 is 16.1 Å². The topological polar surface area (TPSA) is 6.48 Å². The van der Waals surface area contributed by atoms with Crippen molar-refractivity contribution in [3.05, 3.63) is 191 Å². The monoisotopic (exact) mass is 800 g/mol. The van der Waals surface area contributed by atoms with Gasteiger partial charge >= 0.3 is 0 Å². The Labute approximate surface area is 353 Å². The summed E-state index contributed by atoms with van der Waals surface area (Å²) in [5, 5.41) is 5.18. The fraction of sp³-hybridized carbons (Fsp3) is 0.200. The summed E-state index contributed by atoms with van der Waals surface area (Å²) in [5.41, 5.74) is 18.2. The zero-order chi connectivity index (χ0) is 41.4. The van der Waals surface area contributed by atoms with Gasteiger partial charge in [-0.1, -0.05) is 112 Å². The third-order valence-corrected chi connectivity index (χ3v) is 23.4. The Morgan fingerprint density at radius 2 is 0.678 bits per heavy atom. The largest absolute Gasteiger partial charge is 0.310 e. The molecule has 0 aromatic heterocycles. The Morgan fingerprint density at radius 1 is 0.322 bits per heavy atom. The van der Waals surface area contributed by atoms with Gasteiger partial charge in [0.2, 0.25) is 0 Å². The number of para-hydroxylation sites is 2. The zero-order valence-corrected chi connectivity index (χ0v) is 38.4. The molecule has 294 valence electrons. The quantitative estimate of drug-likeness (QED) is 0.141. The average molecular weight is 801 g/mol. The lowest BCUT2D eigenvalue weighted by Gasteiger charge is -2.51. The van der Waals surface area contributed by atoms with Gasteiger partial charge in [-0.05, 0) is 179 Å². The van der Waals surface area contributed by atoms with E-state index in [9.17, 15) is 0 Å². The van der Waals surface area contributed by atoms with Gasteiger partial charge < -0.3 is 9.80 Å². The van der Waals surface area contributed by atoms with Crippen molar-refractivity contribution in [2.75, 3.05) is 9.80 Å². The van der Waals surface area contributed by atoms with Crippen molar-refractivity contribution in [1.82, 2.24) is 0 Å². The van der Waals surface area contributed by atoms with Crippen LogP contribution in [0.1, 0.15) is 33.4 Å². The van der Waals surface area contributed by atoms with Crippen molar-refractivity contribution in [2.24, 2.45) is 0 Å². The molecule has 1 aliphatic rings. The van der Waals surface area contributed by atoms with E-state index >= 15 is 0 Å². The van der Waals surface area contributed by atoms with E-state index in [0.29, 0.717) is 0 Å². The maximum atomic E-state index is 2.62. The molecule has 0 spiro atoms. The summed E-state index contributed by atoms with van der Waals surface area (Å²) in [6.45, 7) is 24.6. The number of hydrogen-bond donors (Lipinski definition) is 0. The molecule has 8 aromatic rings. The van der Waals surface area contributed by atoms with Gasteiger partial charge in [0, 0.05) is 38.8 Å². The van der Waals surface area contributed by atoms with Gasteiger partial charge in [0.1, 0.15) is 0 Å². The maximum absolute atomic E-state index is 2.62. The molecule has 8 aromatic carbocycles. The summed E-state index contributed by atoms with van der Waals surface area (Å²) in [6, 6.07) is 59.8. The third kappa shape index (κ3) is 6.36. The number of aryl methyl sites for hydroxylation is 4. The number of nitrogens with zero attached hydrogens (tertiary/aromatic N) is 2. The lowest BCUT2D eigenvalue weighted by molar-refractivity contribution is 0.956. The minimum Gasteiger partial charge on any atom is -0.310 e. The first kappa shape index (κ1) is 38.8. The van der Waals surface area contributed by atoms with Gasteiger partial charge in [-0.3, -0.25) is 0 Å². The molecular weight excluding hydrogens is 745 g/mol. The van der Waals surface area contributed by atoms with Gasteiger partial charge in [0.15, 0.2) is 0 Å². The molecule has 0 N–H and O–H groups in total. The highest BCUT2D eigenvalue weighted by atomic mass is 28.4. The molecule has 0 aliphatic heterocycles. The smallest absolute Gasteiger partial charge is 0.0579 e. The van der Waals surface area contributed by atoms with Crippen LogP contribution in [0.5, 0.6) is 0 Å². The molecule has 0 radical (unpaired) electrons. The Kier molecular flexibility index (Phi) is 9.37. The predicted octanol–water partition coefficient (Wildman–Crippen LogP) is 16.2. The average Bonchev–Trinajstić information content (AvgIpc) is 3.49. The summed E-state index contributed by atoms with van der Waals surface area (Å²) in [5.74, 6) is 0. The van der Waals surface area contributed by atoms with Gasteiger partial charge in [-0.25, -0.2) is 0 Å². The van der Waals surface area contributed by atoms with Gasteiger partial charge in [0.05, 0.1) is 16.1 Å². The first-order valence-corrected chi connectivity index (χ1v) is 28.2. The van der Waals surface area contributed by atoms with Crippen LogP contribution in [0, 0.1) is 27.7 Å². The van der Waals surface area contributed by atoms with Crippen molar-refractivity contribution in [3.8, 4) is 11.1 Å². The van der Waals surface area contributed by atoms with Crippen LogP contribution in [0.2, 0.25) is 39.3 Å². The highest BCUT2D eigenvalue weighted by molar-refractivity contribution is 6.99. The number of hydrogen-bond acceptors (Lipinski definition) is 2. The van der Waals surface area contributed by atoms with Crippen LogP contribution >= 0.6 is 0 Å². The van der Waals surface area contributed by atoms with Crippen molar-refractivity contribution >= 4 is 71.8 Å². The fourth-order valence-electron chi connectivity index (χ4n) is 10.6. The van der Waals surface area contributed by atoms with E-state index in [1.165, 1.54) is 77.7 Å². The van der Waals surface area contributed by atoms with Crippen molar-refractivity contribution in [3.63, 3.8) is 0 Å². The van der Waals surface area contributed by atoms with Crippen LogP contribution in [0.3, 0.4) is 0 Å². The standard InChI is InChI=1S/C55H56N2Si2/c1-37-21-25-47(29-39(37)3)56(45-17-13-11-14-18-45)49-27-23-41-33-51-52-34-42-24-28-50(57(46-19-15-12-16-20-46)48-26-22-38(2)40(4)30-48)32-44(42)36-54(52)55(58(5,6)7,59(8,9)10)53(51)35-43(41)31-49/h11-36H,1-10H3. The first-order valence-electron chi connectivity index (χ1n) is 21.2. The van der Waals surface area contributed by atoms with E-state index in [2.05, 4.69) is 235 Å². The SMILES string of the molecule is Cc1ccc(N(c2ccccc2)c2ccc3cc4c(cc3c2)C([Si](C)(C)C)([Si](C)(C)C)c2cc3cc(N(c5ccccc5)c5ccc(C)c(C)c5)ccc3cc2-4)cc1C. The number of anilines is 6. The summed E-state index contributed by atoms with van der Waals surface area (Å²) < 4.78 is -0.000567. The molecular formula is C55H56N2Si2. The lowest BCUT2D eigenvalue weighted by atomic mass is 9.98. The maximum Gasteiger partial charge on any atom is 0.0579 e. The van der Waals surface area contributed by atoms with Gasteiger partial charge in [-0.15, -0.1) is 0 Å². The van der Waals surface area contributed by atoms with Gasteiger partial charge in [-0.2, -0.15) is 0 Å². The van der Waals surface area contributed by atoms with E-state index in [1.807, 2.05) is 0 Å². The van der Waals surface area contributed by atoms with E-state index in [0.717, 1.165) is 11.4 Å². The van der Waals surface area contributed by atoms with Crippen molar-refractivity contribution in [1.29, 1.82) is 0 Å². The van der Waals surface area contributed by atoms with Crippen molar-refractivity contribution < 1.29 is 0 Å². The summed E-state index contributed by atoms with van der Waals surface area (Å²) in [4.78, 5) is 4.83. The summed E-state index contributed by atoms with van der Waals surface area (Å²) >= 11 is 0. The van der Waals surface area contributed by atoms with Crippen molar-refractivity contribution in [2.45, 2.75) is 71.6 Å². The molecule has 0 amide bonds. The molecule has 0 atom stereocenters. The highest BCUT2D eigenvalue weighted by Crippen LogP contribution is 2.59. The van der Waals surface area contributed by atoms with Crippen LogP contribution in [-0.4, -0.2) is 16.1 Å². The number of rotatable bonds is 8. The number of benzene rings is 8. The first-order chi connectivity index (χ1) is 28.2. The zero-order valence-electron chi connectivity index (χ0n) is 36.4. The van der Waals surface area contributed by atoms with Crippen LogP contribution in [0.4, 0.5) is 34.1 Å². The Hall–Kier alpha value is -5.69.